The van der Waals surface area contributed by atoms with Crippen LogP contribution in [0.15, 0.2) is 12.2 Å². The third-order valence-corrected chi connectivity index (χ3v) is 2.01. The number of nitrogens with one attached hydrogen (secondary N) is 1. The lowest BCUT2D eigenvalue weighted by molar-refractivity contribution is 0.0821. The Morgan fingerprint density at radius 3 is 2.67 bits per heavy atom. The largest absolute Gasteiger partial charge is 0.374 e. The molecule has 0 bridgehead atoms. The number of rotatable bonds is 9. The molecule has 5 N–H and O–H groups in total. The minimum atomic E-state index is 0.0923. The van der Waals surface area contributed by atoms with Crippen LogP contribution >= 0.6 is 0 Å². The quantitative estimate of drug-likeness (QED) is 0.395. The molecule has 0 aliphatic rings. The molecule has 0 aromatic carbocycles. The lowest BCUT2D eigenvalue weighted by Gasteiger charge is -2.11. The fourth-order valence-electron chi connectivity index (χ4n) is 1.09. The van der Waals surface area contributed by atoms with Crippen molar-refractivity contribution in [3.05, 3.63) is 12.2 Å². The van der Waals surface area contributed by atoms with Gasteiger partial charge in [0.15, 0.2) is 0 Å². The first-order valence-electron chi connectivity index (χ1n) is 5.52. The molecule has 0 saturated carbocycles. The van der Waals surface area contributed by atoms with E-state index >= 15 is 0 Å². The lowest BCUT2D eigenvalue weighted by atomic mass is 10.2. The van der Waals surface area contributed by atoms with Crippen molar-refractivity contribution >= 4 is 5.71 Å². The summed E-state index contributed by atoms with van der Waals surface area (Å²) in [6.07, 6.45) is 6.21. The Kier molecular flexibility index (Phi) is 9.36. The van der Waals surface area contributed by atoms with Crippen LogP contribution < -0.4 is 11.5 Å². The highest BCUT2D eigenvalue weighted by atomic mass is 16.5. The van der Waals surface area contributed by atoms with Gasteiger partial charge in [-0.3, -0.25) is 0 Å². The molecular weight excluding hydrogens is 190 g/mol. The van der Waals surface area contributed by atoms with Crippen LogP contribution in [-0.2, 0) is 4.74 Å². The van der Waals surface area contributed by atoms with Gasteiger partial charge in [0.25, 0.3) is 0 Å². The summed E-state index contributed by atoms with van der Waals surface area (Å²) < 4.78 is 5.57. The fraction of sp³-hybridized carbons (Fsp3) is 0.727. The van der Waals surface area contributed by atoms with Gasteiger partial charge in [0.2, 0.25) is 0 Å². The molecule has 1 atom stereocenters. The molecule has 0 rings (SSSR count). The average molecular weight is 213 g/mol. The van der Waals surface area contributed by atoms with Crippen LogP contribution in [0.2, 0.25) is 0 Å². The van der Waals surface area contributed by atoms with Crippen molar-refractivity contribution in [1.82, 2.24) is 0 Å². The van der Waals surface area contributed by atoms with Crippen LogP contribution in [0.1, 0.15) is 26.2 Å². The summed E-state index contributed by atoms with van der Waals surface area (Å²) in [6.45, 7) is 3.92. The topological polar surface area (TPSA) is 85.1 Å². The molecule has 15 heavy (non-hydrogen) atoms. The van der Waals surface area contributed by atoms with Crippen molar-refractivity contribution in [2.24, 2.45) is 11.5 Å². The number of allylic oxidation sites excluding steroid dienone is 1. The van der Waals surface area contributed by atoms with Crippen molar-refractivity contribution in [2.45, 2.75) is 32.3 Å². The van der Waals surface area contributed by atoms with Gasteiger partial charge in [-0.15, -0.1) is 0 Å². The first kappa shape index (κ1) is 14.3. The van der Waals surface area contributed by atoms with E-state index < -0.39 is 0 Å². The molecule has 88 valence electrons. The molecule has 0 spiro atoms. The van der Waals surface area contributed by atoms with Crippen LogP contribution in [0, 0.1) is 5.41 Å². The molecule has 0 aliphatic heterocycles. The van der Waals surface area contributed by atoms with Crippen LogP contribution in [-0.4, -0.2) is 31.5 Å². The van der Waals surface area contributed by atoms with E-state index in [0.717, 1.165) is 12.8 Å². The van der Waals surface area contributed by atoms with Gasteiger partial charge < -0.3 is 21.6 Å². The summed E-state index contributed by atoms with van der Waals surface area (Å²) in [6, 6.07) is 0. The second-order valence-corrected chi connectivity index (χ2v) is 3.38. The van der Waals surface area contributed by atoms with Gasteiger partial charge in [-0.25, -0.2) is 0 Å². The number of hydrogen-bond acceptors (Lipinski definition) is 4. The fourth-order valence-corrected chi connectivity index (χ4v) is 1.09. The number of nitrogens with two attached hydrogens (primary N) is 2. The first-order chi connectivity index (χ1) is 7.24. The summed E-state index contributed by atoms with van der Waals surface area (Å²) in [5.74, 6) is 0. The summed E-state index contributed by atoms with van der Waals surface area (Å²) in [5, 5.41) is 7.53. The van der Waals surface area contributed by atoms with E-state index in [9.17, 15) is 0 Å². The Labute approximate surface area is 92.2 Å². The average Bonchev–Trinajstić information content (AvgIpc) is 2.23. The standard InChI is InChI=1S/C11H23N3O/c1-2-11(15-9-3-7-12)5-4-10(14)6-8-13/h4-5,11,14H,2-3,6-9,12-13H2,1H3/b5-4-,14-10?. The van der Waals surface area contributed by atoms with Gasteiger partial charge in [0, 0.05) is 18.7 Å². The summed E-state index contributed by atoms with van der Waals surface area (Å²) in [5.41, 5.74) is 11.3. The van der Waals surface area contributed by atoms with E-state index in [-0.39, 0.29) is 6.10 Å². The zero-order valence-electron chi connectivity index (χ0n) is 9.54. The van der Waals surface area contributed by atoms with Crippen molar-refractivity contribution in [3.8, 4) is 0 Å². The van der Waals surface area contributed by atoms with Gasteiger partial charge in [-0.05, 0) is 32.0 Å². The monoisotopic (exact) mass is 213 g/mol. The maximum atomic E-state index is 7.53. The van der Waals surface area contributed by atoms with Gasteiger partial charge in [0.1, 0.15) is 0 Å². The van der Waals surface area contributed by atoms with Crippen LogP contribution in [0.25, 0.3) is 0 Å². The van der Waals surface area contributed by atoms with Crippen LogP contribution in [0.5, 0.6) is 0 Å². The lowest BCUT2D eigenvalue weighted by Crippen LogP contribution is -2.13. The summed E-state index contributed by atoms with van der Waals surface area (Å²) in [4.78, 5) is 0. The third-order valence-electron chi connectivity index (χ3n) is 2.01. The maximum Gasteiger partial charge on any atom is 0.0756 e. The molecule has 0 saturated heterocycles. The van der Waals surface area contributed by atoms with Gasteiger partial charge in [-0.2, -0.15) is 0 Å². The van der Waals surface area contributed by atoms with Crippen molar-refractivity contribution in [1.29, 1.82) is 5.41 Å². The van der Waals surface area contributed by atoms with Gasteiger partial charge >= 0.3 is 0 Å². The summed E-state index contributed by atoms with van der Waals surface area (Å²) >= 11 is 0. The highest BCUT2D eigenvalue weighted by Gasteiger charge is 2.01. The van der Waals surface area contributed by atoms with E-state index in [4.69, 9.17) is 21.6 Å². The Bertz CT molecular complexity index is 192. The first-order valence-corrected chi connectivity index (χ1v) is 5.52. The van der Waals surface area contributed by atoms with E-state index in [0.29, 0.717) is 31.8 Å². The molecule has 1 unspecified atom stereocenters. The van der Waals surface area contributed by atoms with E-state index in [1.165, 1.54) is 0 Å². The second kappa shape index (κ2) is 9.83. The van der Waals surface area contributed by atoms with Gasteiger partial charge in [0.05, 0.1) is 6.10 Å². The molecule has 0 amide bonds. The smallest absolute Gasteiger partial charge is 0.0756 e. The Morgan fingerprint density at radius 2 is 2.13 bits per heavy atom. The predicted octanol–water partition coefficient (Wildman–Crippen LogP) is 1.06. The zero-order chi connectivity index (χ0) is 11.5. The van der Waals surface area contributed by atoms with E-state index in [1.807, 2.05) is 6.08 Å². The molecule has 0 fully saturated rings. The maximum absolute atomic E-state index is 7.53. The van der Waals surface area contributed by atoms with Crippen LogP contribution in [0.4, 0.5) is 0 Å². The minimum absolute atomic E-state index is 0.0923. The third kappa shape index (κ3) is 8.30. The molecule has 0 aromatic heterocycles. The highest BCUT2D eigenvalue weighted by Crippen LogP contribution is 2.01. The van der Waals surface area contributed by atoms with Gasteiger partial charge in [-0.1, -0.05) is 13.0 Å². The van der Waals surface area contributed by atoms with Crippen molar-refractivity contribution < 1.29 is 4.74 Å². The van der Waals surface area contributed by atoms with Crippen LogP contribution in [0.3, 0.4) is 0 Å². The molecule has 4 nitrogen and oxygen atoms in total. The Balaban J connectivity index is 3.81. The Morgan fingerprint density at radius 1 is 1.40 bits per heavy atom. The molecular formula is C11H23N3O. The number of ether oxygens (including phenoxy) is 1. The molecule has 4 heteroatoms. The number of hydrogen-bond donors (Lipinski definition) is 3. The normalized spacial score (nSPS) is 13.3. The predicted molar refractivity (Wildman–Crippen MR) is 64.2 cm³/mol. The second-order valence-electron chi connectivity index (χ2n) is 3.38. The highest BCUT2D eigenvalue weighted by molar-refractivity contribution is 5.92. The molecule has 0 aliphatic carbocycles. The molecule has 0 radical (unpaired) electrons. The minimum Gasteiger partial charge on any atom is -0.374 e. The van der Waals surface area contributed by atoms with E-state index in [2.05, 4.69) is 6.92 Å². The van der Waals surface area contributed by atoms with E-state index in [1.54, 1.807) is 6.08 Å². The Hall–Kier alpha value is -0.710. The van der Waals surface area contributed by atoms with Crippen molar-refractivity contribution in [3.63, 3.8) is 0 Å². The molecule has 0 heterocycles. The summed E-state index contributed by atoms with van der Waals surface area (Å²) in [7, 11) is 0. The zero-order valence-corrected chi connectivity index (χ0v) is 9.54. The van der Waals surface area contributed by atoms with Crippen molar-refractivity contribution in [2.75, 3.05) is 19.7 Å². The molecule has 0 aromatic rings. The SMILES string of the molecule is CCC(/C=C\C(=N)CCN)OCCCN.